The fraction of sp³-hybridized carbons (Fsp3) is 0.111. The zero-order valence-corrected chi connectivity index (χ0v) is 19.7. The smallest absolute Gasteiger partial charge is 0.181 e. The Labute approximate surface area is 196 Å². The molecule has 1 aromatic carbocycles. The average Bonchev–Trinajstić information content (AvgIpc) is 3.57. The highest BCUT2D eigenvalue weighted by atomic mass is 32.1. The van der Waals surface area contributed by atoms with Crippen LogP contribution in [0.2, 0.25) is 0 Å². The van der Waals surface area contributed by atoms with Gasteiger partial charge in [0.25, 0.3) is 0 Å². The third-order valence-electron chi connectivity index (χ3n) is 5.80. The second-order valence-electron chi connectivity index (χ2n) is 8.03. The van der Waals surface area contributed by atoms with E-state index in [0.29, 0.717) is 5.65 Å². The maximum absolute atomic E-state index is 4.62. The van der Waals surface area contributed by atoms with Gasteiger partial charge in [-0.15, -0.1) is 11.3 Å². The molecule has 5 nitrogen and oxygen atoms in total. The van der Waals surface area contributed by atoms with Crippen LogP contribution in [0.3, 0.4) is 0 Å². The summed E-state index contributed by atoms with van der Waals surface area (Å²) < 4.78 is 0. The van der Waals surface area contributed by atoms with E-state index in [-0.39, 0.29) is 0 Å². The summed E-state index contributed by atoms with van der Waals surface area (Å²) in [6, 6.07) is 15.0. The molecule has 4 aromatic heterocycles. The van der Waals surface area contributed by atoms with Gasteiger partial charge in [-0.25, -0.2) is 4.98 Å². The first-order chi connectivity index (χ1) is 16.1. The number of aromatic nitrogens is 4. The van der Waals surface area contributed by atoms with Crippen LogP contribution < -0.4 is 0 Å². The molecule has 0 spiro atoms. The van der Waals surface area contributed by atoms with E-state index >= 15 is 0 Å². The summed E-state index contributed by atoms with van der Waals surface area (Å²) >= 11 is 1.75. The molecule has 5 aromatic rings. The van der Waals surface area contributed by atoms with Gasteiger partial charge in [0.2, 0.25) is 0 Å². The van der Waals surface area contributed by atoms with Gasteiger partial charge in [-0.2, -0.15) is 5.10 Å². The van der Waals surface area contributed by atoms with Gasteiger partial charge in [-0.1, -0.05) is 30.9 Å². The van der Waals surface area contributed by atoms with Crippen molar-refractivity contribution in [1.29, 1.82) is 0 Å². The minimum absolute atomic E-state index is 0.696. The van der Waals surface area contributed by atoms with Crippen molar-refractivity contribution in [2.24, 2.45) is 0 Å². The number of fused-ring (bicyclic) bond motifs is 2. The highest BCUT2D eigenvalue weighted by molar-refractivity contribution is 7.13. The molecule has 0 aliphatic carbocycles. The van der Waals surface area contributed by atoms with E-state index in [1.165, 1.54) is 15.8 Å². The summed E-state index contributed by atoms with van der Waals surface area (Å²) in [5, 5.41) is 11.9. The molecule has 164 valence electrons. The highest BCUT2D eigenvalue weighted by Crippen LogP contribution is 2.36. The Bertz CT molecular complexity index is 1510. The van der Waals surface area contributed by atoms with Gasteiger partial charge >= 0.3 is 0 Å². The normalized spacial score (nSPS) is 12.6. The van der Waals surface area contributed by atoms with Crippen molar-refractivity contribution in [3.05, 3.63) is 90.1 Å². The van der Waals surface area contributed by atoms with Crippen LogP contribution >= 0.6 is 11.3 Å². The molecule has 0 radical (unpaired) electrons. The Morgan fingerprint density at radius 1 is 1.12 bits per heavy atom. The lowest BCUT2D eigenvalue weighted by Gasteiger charge is -2.14. The van der Waals surface area contributed by atoms with Crippen LogP contribution in [0.5, 0.6) is 0 Å². The molecule has 2 N–H and O–H groups in total. The van der Waals surface area contributed by atoms with Gasteiger partial charge in [0, 0.05) is 58.3 Å². The number of hydrogen-bond donors (Lipinski definition) is 2. The van der Waals surface area contributed by atoms with Crippen LogP contribution in [0.15, 0.2) is 84.5 Å². The van der Waals surface area contributed by atoms with Crippen LogP contribution in [0, 0.1) is 0 Å². The number of nitrogens with zero attached hydrogens (tertiary/aromatic N) is 3. The number of hydrogen-bond acceptors (Lipinski definition) is 4. The molecule has 0 amide bonds. The summed E-state index contributed by atoms with van der Waals surface area (Å²) in [7, 11) is 4.02. The Balaban J connectivity index is 1.62. The zero-order chi connectivity index (χ0) is 22.9. The average molecular weight is 452 g/mol. The highest BCUT2D eigenvalue weighted by Gasteiger charge is 2.15. The zero-order valence-electron chi connectivity index (χ0n) is 18.9. The molecular weight excluding hydrogens is 426 g/mol. The maximum atomic E-state index is 4.62. The Hall–Kier alpha value is -3.90. The lowest BCUT2D eigenvalue weighted by atomic mass is 10.0. The molecule has 0 aliphatic heterocycles. The molecule has 0 bridgehead atoms. The van der Waals surface area contributed by atoms with Gasteiger partial charge in [-0.05, 0) is 54.3 Å². The number of aromatic amines is 2. The quantitative estimate of drug-likeness (QED) is 0.277. The lowest BCUT2D eigenvalue weighted by molar-refractivity contribution is 0.530. The third kappa shape index (κ3) is 3.79. The molecule has 0 atom stereocenters. The van der Waals surface area contributed by atoms with Gasteiger partial charge in [-0.3, -0.25) is 5.10 Å². The fourth-order valence-electron chi connectivity index (χ4n) is 4.06. The Kier molecular flexibility index (Phi) is 5.44. The van der Waals surface area contributed by atoms with E-state index in [1.54, 1.807) is 11.3 Å². The number of likely N-dealkylation sites (N-methyl/N-ethyl adjacent to an activating group) is 1. The van der Waals surface area contributed by atoms with Crippen molar-refractivity contribution in [2.75, 3.05) is 14.1 Å². The number of nitrogens with one attached hydrogen (secondary N) is 2. The van der Waals surface area contributed by atoms with Gasteiger partial charge in [0.05, 0.1) is 11.4 Å². The summed E-state index contributed by atoms with van der Waals surface area (Å²) in [5.74, 6) is 0. The Morgan fingerprint density at radius 2 is 2.00 bits per heavy atom. The van der Waals surface area contributed by atoms with Gasteiger partial charge in [0.1, 0.15) is 0 Å². The van der Waals surface area contributed by atoms with Crippen molar-refractivity contribution in [2.45, 2.75) is 6.92 Å². The number of rotatable bonds is 6. The molecule has 0 aliphatic rings. The number of H-pyrrole nitrogens is 2. The minimum atomic E-state index is 0.696. The van der Waals surface area contributed by atoms with E-state index in [2.05, 4.69) is 86.7 Å². The summed E-state index contributed by atoms with van der Waals surface area (Å²) in [5.41, 5.74) is 8.10. The molecule has 0 fully saturated rings. The Morgan fingerprint density at radius 3 is 2.73 bits per heavy atom. The van der Waals surface area contributed by atoms with Crippen LogP contribution in [0.25, 0.3) is 49.3 Å². The maximum Gasteiger partial charge on any atom is 0.181 e. The van der Waals surface area contributed by atoms with Crippen LogP contribution in [0.4, 0.5) is 0 Å². The van der Waals surface area contributed by atoms with Gasteiger partial charge in [0.15, 0.2) is 5.65 Å². The molecule has 6 heteroatoms. The molecule has 33 heavy (non-hydrogen) atoms. The van der Waals surface area contributed by atoms with Crippen molar-refractivity contribution >= 4 is 38.8 Å². The standard InChI is InChI=1S/C27H25N5S/c1-5-17(13-19(6-2)32(3)4)18-14-22-26(30-31-27(22)28-16-18)24-15-21-20(25-11-8-12-33-25)9-7-10-23(21)29-24/h5-16,29H,2H2,1,3-4H3,(H,28,30,31)/b17-5+,19-13+. The molecule has 0 saturated carbocycles. The minimum Gasteiger partial charge on any atom is -0.378 e. The lowest BCUT2D eigenvalue weighted by Crippen LogP contribution is -2.09. The van der Waals surface area contributed by atoms with E-state index in [4.69, 9.17) is 0 Å². The molecule has 0 saturated heterocycles. The number of benzene rings is 1. The second-order valence-corrected chi connectivity index (χ2v) is 8.98. The summed E-state index contributed by atoms with van der Waals surface area (Å²) in [6.45, 7) is 5.97. The monoisotopic (exact) mass is 451 g/mol. The number of thiophene rings is 1. The molecule has 0 unspecified atom stereocenters. The van der Waals surface area contributed by atoms with Crippen molar-refractivity contribution in [3.63, 3.8) is 0 Å². The SMILES string of the molecule is C=C/C(=C\C(=C/C)c1cnc2n[nH]c(-c3cc4c(-c5cccs5)cccc4[nH]3)c2c1)N(C)C. The predicted octanol–water partition coefficient (Wildman–Crippen LogP) is 6.87. The van der Waals surface area contributed by atoms with E-state index in [9.17, 15) is 0 Å². The van der Waals surface area contributed by atoms with Crippen molar-refractivity contribution < 1.29 is 0 Å². The second kappa shape index (κ2) is 8.56. The molecule has 5 rings (SSSR count). The summed E-state index contributed by atoms with van der Waals surface area (Å²) in [6.07, 6.45) is 7.93. The van der Waals surface area contributed by atoms with Crippen molar-refractivity contribution in [1.82, 2.24) is 25.1 Å². The van der Waals surface area contributed by atoms with Crippen LogP contribution in [-0.2, 0) is 0 Å². The third-order valence-corrected chi connectivity index (χ3v) is 6.71. The first-order valence-electron chi connectivity index (χ1n) is 10.8. The molecular formula is C27H25N5S. The first kappa shape index (κ1) is 21.0. The first-order valence-corrected chi connectivity index (χ1v) is 11.6. The molecule has 4 heterocycles. The number of pyridine rings is 1. The topological polar surface area (TPSA) is 60.6 Å². The van der Waals surface area contributed by atoms with Gasteiger partial charge < -0.3 is 9.88 Å². The largest absolute Gasteiger partial charge is 0.378 e. The van der Waals surface area contributed by atoms with Crippen molar-refractivity contribution in [3.8, 4) is 21.8 Å². The van der Waals surface area contributed by atoms with E-state index < -0.39 is 0 Å². The predicted molar refractivity (Wildman–Crippen MR) is 140 cm³/mol. The summed E-state index contributed by atoms with van der Waals surface area (Å²) in [4.78, 5) is 11.5. The van der Waals surface area contributed by atoms with E-state index in [0.717, 1.165) is 39.1 Å². The van der Waals surface area contributed by atoms with E-state index in [1.807, 2.05) is 38.2 Å². The van der Waals surface area contributed by atoms with Crippen LogP contribution in [0.1, 0.15) is 12.5 Å². The van der Waals surface area contributed by atoms with Crippen LogP contribution in [-0.4, -0.2) is 39.2 Å². The number of allylic oxidation sites excluding steroid dienone is 4. The fourth-order valence-corrected chi connectivity index (χ4v) is 4.83.